The highest BCUT2D eigenvalue weighted by Crippen LogP contribution is 2.53. The van der Waals surface area contributed by atoms with Crippen molar-refractivity contribution in [2.24, 2.45) is 23.7 Å². The van der Waals surface area contributed by atoms with E-state index in [9.17, 15) is 4.79 Å². The number of piperidine rings is 2. The lowest BCUT2D eigenvalue weighted by atomic mass is 9.58. The van der Waals surface area contributed by atoms with Crippen LogP contribution >= 0.6 is 0 Å². The van der Waals surface area contributed by atoms with E-state index in [-0.39, 0.29) is 11.8 Å². The summed E-state index contributed by atoms with van der Waals surface area (Å²) in [7, 11) is 0. The number of nitrogens with zero attached hydrogens (tertiary/aromatic N) is 1. The highest BCUT2D eigenvalue weighted by Gasteiger charge is 2.64. The molecule has 4 fully saturated rings. The Kier molecular flexibility index (Phi) is 5.85. The minimum absolute atomic E-state index is 0.193. The summed E-state index contributed by atoms with van der Waals surface area (Å²) < 4.78 is 0. The molecule has 4 bridgehead atoms. The minimum atomic E-state index is -0.477. The molecule has 3 saturated heterocycles. The van der Waals surface area contributed by atoms with Crippen LogP contribution in [-0.4, -0.2) is 42.0 Å². The lowest BCUT2D eigenvalue weighted by Crippen LogP contribution is -2.74. The first-order valence-electron chi connectivity index (χ1n) is 12.3. The van der Waals surface area contributed by atoms with E-state index in [1.54, 1.807) is 0 Å². The second-order valence-electron chi connectivity index (χ2n) is 10.8. The molecule has 0 aromatic heterocycles. The van der Waals surface area contributed by atoms with Gasteiger partial charge in [0.2, 0.25) is 5.91 Å². The van der Waals surface area contributed by atoms with Crippen molar-refractivity contribution in [3.05, 3.63) is 71.3 Å². The van der Waals surface area contributed by atoms with Crippen LogP contribution in [0.1, 0.15) is 37.0 Å². The smallest absolute Gasteiger partial charge is 0.240 e. The lowest BCUT2D eigenvalue weighted by molar-refractivity contribution is -0.138. The Balaban J connectivity index is 1.44. The van der Waals surface area contributed by atoms with Crippen LogP contribution in [0.25, 0.3) is 0 Å². The molecule has 1 amide bonds. The molecule has 2 N–H and O–H groups in total. The van der Waals surface area contributed by atoms with Crippen LogP contribution in [0.2, 0.25) is 0 Å². The zero-order valence-electron chi connectivity index (χ0n) is 19.7. The Morgan fingerprint density at radius 2 is 1.88 bits per heavy atom. The van der Waals surface area contributed by atoms with E-state index in [0.29, 0.717) is 30.3 Å². The zero-order valence-corrected chi connectivity index (χ0v) is 19.7. The van der Waals surface area contributed by atoms with Gasteiger partial charge in [-0.2, -0.15) is 0 Å². The molecule has 1 saturated carbocycles. The van der Waals surface area contributed by atoms with E-state index in [4.69, 9.17) is 0 Å². The SMILES string of the molecule is Cc1ccc(C[C@@H]2[C@@H]3[C@@H]4CN[C@@]2(C(=O)NCc2ccccc2)C[C@@H]4CN3CC(C)C)cc1. The third-order valence-corrected chi connectivity index (χ3v) is 8.09. The van der Waals surface area contributed by atoms with Crippen molar-refractivity contribution in [3.8, 4) is 0 Å². The number of hydrogen-bond donors (Lipinski definition) is 2. The topological polar surface area (TPSA) is 44.4 Å². The molecule has 5 atom stereocenters. The Hall–Kier alpha value is -2.17. The maximum Gasteiger partial charge on any atom is 0.240 e. The third-order valence-electron chi connectivity index (χ3n) is 8.09. The average Bonchev–Trinajstić information content (AvgIpc) is 3.08. The maximum atomic E-state index is 13.9. The summed E-state index contributed by atoms with van der Waals surface area (Å²) >= 11 is 0. The molecule has 32 heavy (non-hydrogen) atoms. The second-order valence-corrected chi connectivity index (χ2v) is 10.8. The predicted molar refractivity (Wildman–Crippen MR) is 129 cm³/mol. The summed E-state index contributed by atoms with van der Waals surface area (Å²) in [6.07, 6.45) is 1.91. The molecular formula is C28H37N3O. The number of benzene rings is 2. The quantitative estimate of drug-likeness (QED) is 0.701. The predicted octanol–water partition coefficient (Wildman–Crippen LogP) is 3.79. The largest absolute Gasteiger partial charge is 0.350 e. The lowest BCUT2D eigenvalue weighted by Gasteiger charge is -2.56. The summed E-state index contributed by atoms with van der Waals surface area (Å²) in [5.41, 5.74) is 3.31. The molecule has 6 rings (SSSR count). The first-order chi connectivity index (χ1) is 15.5. The Bertz CT molecular complexity index is 941. The molecule has 4 heteroatoms. The first-order valence-corrected chi connectivity index (χ1v) is 12.3. The summed E-state index contributed by atoms with van der Waals surface area (Å²) in [5.74, 6) is 2.41. The molecule has 1 aliphatic carbocycles. The van der Waals surface area contributed by atoms with Gasteiger partial charge in [-0.1, -0.05) is 74.0 Å². The number of hydrogen-bond acceptors (Lipinski definition) is 3. The Labute approximate surface area is 192 Å². The molecule has 3 aliphatic heterocycles. The fourth-order valence-corrected chi connectivity index (χ4v) is 6.74. The van der Waals surface area contributed by atoms with E-state index in [2.05, 4.69) is 72.7 Å². The van der Waals surface area contributed by atoms with Gasteiger partial charge < -0.3 is 10.6 Å². The average molecular weight is 432 g/mol. The van der Waals surface area contributed by atoms with Gasteiger partial charge in [-0.05, 0) is 48.6 Å². The normalized spacial score (nSPS) is 31.2. The zero-order chi connectivity index (χ0) is 22.3. The van der Waals surface area contributed by atoms with E-state index in [0.717, 1.165) is 38.0 Å². The van der Waals surface area contributed by atoms with Gasteiger partial charge in [0.05, 0.1) is 0 Å². The van der Waals surface area contributed by atoms with Crippen molar-refractivity contribution in [2.45, 2.75) is 51.7 Å². The third kappa shape index (κ3) is 3.88. The van der Waals surface area contributed by atoms with E-state index in [1.807, 2.05) is 18.2 Å². The number of amides is 1. The van der Waals surface area contributed by atoms with Crippen LogP contribution < -0.4 is 10.6 Å². The molecule has 0 radical (unpaired) electrons. The van der Waals surface area contributed by atoms with Crippen LogP contribution in [0, 0.1) is 30.6 Å². The number of carbonyl (C=O) groups is 1. The number of carbonyl (C=O) groups excluding carboxylic acids is 1. The molecule has 2 aromatic carbocycles. The van der Waals surface area contributed by atoms with Crippen LogP contribution in [-0.2, 0) is 17.8 Å². The van der Waals surface area contributed by atoms with Gasteiger partial charge in [0.1, 0.15) is 5.54 Å². The van der Waals surface area contributed by atoms with Crippen LogP contribution in [0.3, 0.4) is 0 Å². The summed E-state index contributed by atoms with van der Waals surface area (Å²) in [6.45, 7) is 10.6. The van der Waals surface area contributed by atoms with Crippen LogP contribution in [0.15, 0.2) is 54.6 Å². The van der Waals surface area contributed by atoms with E-state index < -0.39 is 5.54 Å². The van der Waals surface area contributed by atoms with Gasteiger partial charge >= 0.3 is 0 Å². The number of likely N-dealkylation sites (tertiary alicyclic amines) is 1. The van der Waals surface area contributed by atoms with Crippen LogP contribution in [0.5, 0.6) is 0 Å². The van der Waals surface area contributed by atoms with Gasteiger partial charge in [0.15, 0.2) is 0 Å². The number of nitrogens with one attached hydrogen (secondary N) is 2. The van der Waals surface area contributed by atoms with Gasteiger partial charge in [0.25, 0.3) is 0 Å². The van der Waals surface area contributed by atoms with Crippen molar-refractivity contribution >= 4 is 5.91 Å². The molecule has 4 nitrogen and oxygen atoms in total. The first kappa shape index (κ1) is 21.7. The van der Waals surface area contributed by atoms with E-state index >= 15 is 0 Å². The van der Waals surface area contributed by atoms with Crippen molar-refractivity contribution in [2.75, 3.05) is 19.6 Å². The number of aryl methyl sites for hydroxylation is 1. The van der Waals surface area contributed by atoms with Crippen molar-refractivity contribution < 1.29 is 4.79 Å². The maximum absolute atomic E-state index is 13.9. The Morgan fingerprint density at radius 3 is 2.59 bits per heavy atom. The van der Waals surface area contributed by atoms with Crippen molar-refractivity contribution in [3.63, 3.8) is 0 Å². The highest BCUT2D eigenvalue weighted by molar-refractivity contribution is 5.87. The molecule has 2 aromatic rings. The Morgan fingerprint density at radius 1 is 1.12 bits per heavy atom. The molecule has 0 spiro atoms. The molecule has 4 aliphatic rings. The number of rotatable bonds is 7. The molecular weight excluding hydrogens is 394 g/mol. The summed E-state index contributed by atoms with van der Waals surface area (Å²) in [5, 5.41) is 7.10. The summed E-state index contributed by atoms with van der Waals surface area (Å²) in [6, 6.07) is 19.7. The van der Waals surface area contributed by atoms with Crippen LogP contribution in [0.4, 0.5) is 0 Å². The second kappa shape index (κ2) is 8.64. The number of fused-ring (bicyclic) bond motifs is 1. The fraction of sp³-hybridized carbons (Fsp3) is 0.536. The van der Waals surface area contributed by atoms with Gasteiger partial charge in [-0.3, -0.25) is 9.69 Å². The highest BCUT2D eigenvalue weighted by atomic mass is 16.2. The van der Waals surface area contributed by atoms with Gasteiger partial charge in [-0.25, -0.2) is 0 Å². The summed E-state index contributed by atoms with van der Waals surface area (Å²) in [4.78, 5) is 16.6. The van der Waals surface area contributed by atoms with Crippen molar-refractivity contribution in [1.82, 2.24) is 15.5 Å². The molecule has 0 unspecified atom stereocenters. The standard InChI is InChI=1S/C28H37N3O/c1-19(2)17-31-18-23-14-28(27(32)29-15-22-7-5-4-6-8-22)25(26(31)24(23)16-30-28)13-21-11-9-20(3)10-12-21/h4-12,19,23-26,30H,13-18H2,1-3H3,(H,29,32)/t23-,24-,25-,26+,28+/m1/s1. The monoisotopic (exact) mass is 431 g/mol. The molecule has 3 heterocycles. The van der Waals surface area contributed by atoms with Gasteiger partial charge in [-0.15, -0.1) is 0 Å². The van der Waals surface area contributed by atoms with Crippen molar-refractivity contribution in [1.29, 1.82) is 0 Å². The van der Waals surface area contributed by atoms with E-state index in [1.165, 1.54) is 11.1 Å². The van der Waals surface area contributed by atoms with Gasteiger partial charge in [0, 0.05) is 38.1 Å². The minimum Gasteiger partial charge on any atom is -0.350 e. The fourth-order valence-electron chi connectivity index (χ4n) is 6.74. The molecule has 170 valence electrons.